The van der Waals surface area contributed by atoms with Crippen LogP contribution in [0.1, 0.15) is 23.5 Å². The van der Waals surface area contributed by atoms with E-state index in [1.165, 1.54) is 0 Å². The highest BCUT2D eigenvalue weighted by molar-refractivity contribution is 6.30. The standard InChI is InChI=1S/C11H12ClNO2/c12-7-3-1-6-2-4-9(13)10(11(14)15)8(6)5-7/h1,3,5,9-10H,2,4,13H2,(H,14,15). The van der Waals surface area contributed by atoms with Crippen LogP contribution in [0.5, 0.6) is 0 Å². The summed E-state index contributed by atoms with van der Waals surface area (Å²) in [7, 11) is 0. The normalized spacial score (nSPS) is 24.7. The number of aliphatic carboxylic acids is 1. The summed E-state index contributed by atoms with van der Waals surface area (Å²) in [5.41, 5.74) is 7.64. The van der Waals surface area contributed by atoms with Crippen LogP contribution in [0.2, 0.25) is 5.02 Å². The van der Waals surface area contributed by atoms with Gasteiger partial charge in [0.25, 0.3) is 0 Å². The molecule has 1 aliphatic carbocycles. The van der Waals surface area contributed by atoms with Gasteiger partial charge in [-0.05, 0) is 36.1 Å². The molecule has 0 saturated carbocycles. The summed E-state index contributed by atoms with van der Waals surface area (Å²) in [6, 6.07) is 5.08. The molecule has 1 aromatic carbocycles. The van der Waals surface area contributed by atoms with E-state index in [-0.39, 0.29) is 6.04 Å². The first-order valence-electron chi connectivity index (χ1n) is 4.86. The number of carboxylic acids is 1. The minimum Gasteiger partial charge on any atom is -0.481 e. The molecule has 2 rings (SSSR count). The van der Waals surface area contributed by atoms with Crippen molar-refractivity contribution in [1.82, 2.24) is 0 Å². The molecule has 0 heterocycles. The SMILES string of the molecule is NC1CCc2ccc(Cl)cc2C1C(=O)O. The molecule has 0 aliphatic heterocycles. The van der Waals surface area contributed by atoms with Gasteiger partial charge in [-0.15, -0.1) is 0 Å². The summed E-state index contributed by atoms with van der Waals surface area (Å²) in [6.07, 6.45) is 1.54. The van der Waals surface area contributed by atoms with E-state index < -0.39 is 11.9 Å². The number of carboxylic acid groups (broad SMARTS) is 1. The third-order valence-corrected chi connectivity index (χ3v) is 3.12. The first-order chi connectivity index (χ1) is 7.09. The van der Waals surface area contributed by atoms with Gasteiger partial charge in [0, 0.05) is 11.1 Å². The van der Waals surface area contributed by atoms with Gasteiger partial charge in [0.2, 0.25) is 0 Å². The molecule has 0 aromatic heterocycles. The molecule has 15 heavy (non-hydrogen) atoms. The lowest BCUT2D eigenvalue weighted by atomic mass is 9.80. The quantitative estimate of drug-likeness (QED) is 0.766. The number of carbonyl (C=O) groups is 1. The summed E-state index contributed by atoms with van der Waals surface area (Å²) in [5.74, 6) is -1.49. The maximum atomic E-state index is 11.1. The van der Waals surface area contributed by atoms with E-state index in [1.807, 2.05) is 6.07 Å². The second-order valence-corrected chi connectivity index (χ2v) is 4.30. The molecule has 3 nitrogen and oxygen atoms in total. The van der Waals surface area contributed by atoms with Gasteiger partial charge in [0.1, 0.15) is 0 Å². The van der Waals surface area contributed by atoms with Crippen LogP contribution in [0.25, 0.3) is 0 Å². The second kappa shape index (κ2) is 3.83. The summed E-state index contributed by atoms with van der Waals surface area (Å²) < 4.78 is 0. The monoisotopic (exact) mass is 225 g/mol. The largest absolute Gasteiger partial charge is 0.481 e. The van der Waals surface area contributed by atoms with Gasteiger partial charge in [0.15, 0.2) is 0 Å². The van der Waals surface area contributed by atoms with Crippen LogP contribution in [0.15, 0.2) is 18.2 Å². The highest BCUT2D eigenvalue weighted by Crippen LogP contribution is 2.32. The molecule has 0 saturated heterocycles. The fourth-order valence-corrected chi connectivity index (χ4v) is 2.30. The highest BCUT2D eigenvalue weighted by atomic mass is 35.5. The number of fused-ring (bicyclic) bond motifs is 1. The maximum Gasteiger partial charge on any atom is 0.312 e. The number of nitrogens with two attached hydrogens (primary N) is 1. The Labute approximate surface area is 92.8 Å². The maximum absolute atomic E-state index is 11.1. The molecule has 4 heteroatoms. The van der Waals surface area contributed by atoms with Crippen molar-refractivity contribution in [3.63, 3.8) is 0 Å². The minimum absolute atomic E-state index is 0.312. The van der Waals surface area contributed by atoms with Gasteiger partial charge in [-0.1, -0.05) is 17.7 Å². The molecule has 1 aromatic rings. The van der Waals surface area contributed by atoms with E-state index in [1.54, 1.807) is 12.1 Å². The molecule has 2 atom stereocenters. The number of hydrogen-bond donors (Lipinski definition) is 2. The average molecular weight is 226 g/mol. The van der Waals surface area contributed by atoms with Gasteiger partial charge in [-0.2, -0.15) is 0 Å². The second-order valence-electron chi connectivity index (χ2n) is 3.86. The predicted octanol–water partition coefficient (Wildman–Crippen LogP) is 1.78. The van der Waals surface area contributed by atoms with E-state index in [9.17, 15) is 4.79 Å². The van der Waals surface area contributed by atoms with Crippen LogP contribution < -0.4 is 5.73 Å². The third-order valence-electron chi connectivity index (χ3n) is 2.88. The zero-order valence-electron chi connectivity index (χ0n) is 8.11. The van der Waals surface area contributed by atoms with Gasteiger partial charge in [-0.25, -0.2) is 0 Å². The van der Waals surface area contributed by atoms with Gasteiger partial charge >= 0.3 is 5.97 Å². The lowest BCUT2D eigenvalue weighted by molar-refractivity contribution is -0.139. The Balaban J connectivity index is 2.50. The minimum atomic E-state index is -0.870. The molecule has 0 spiro atoms. The molecular formula is C11H12ClNO2. The molecule has 80 valence electrons. The molecule has 0 bridgehead atoms. The summed E-state index contributed by atoms with van der Waals surface area (Å²) >= 11 is 5.86. The zero-order valence-corrected chi connectivity index (χ0v) is 8.87. The van der Waals surface area contributed by atoms with Crippen molar-refractivity contribution >= 4 is 17.6 Å². The number of halogens is 1. The molecular weight excluding hydrogens is 214 g/mol. The average Bonchev–Trinajstić information content (AvgIpc) is 2.16. The molecule has 3 N–H and O–H groups in total. The Hall–Kier alpha value is -1.06. The van der Waals surface area contributed by atoms with Crippen LogP contribution in [-0.2, 0) is 11.2 Å². The molecule has 2 unspecified atom stereocenters. The Bertz CT molecular complexity index is 406. The van der Waals surface area contributed by atoms with Crippen molar-refractivity contribution in [1.29, 1.82) is 0 Å². The molecule has 0 amide bonds. The van der Waals surface area contributed by atoms with Crippen LogP contribution in [0, 0.1) is 0 Å². The summed E-state index contributed by atoms with van der Waals surface area (Å²) in [5, 5.41) is 9.69. The zero-order chi connectivity index (χ0) is 11.0. The lowest BCUT2D eigenvalue weighted by Gasteiger charge is -2.28. The third kappa shape index (κ3) is 1.85. The molecule has 0 fully saturated rings. The van der Waals surface area contributed by atoms with E-state index in [4.69, 9.17) is 22.4 Å². The van der Waals surface area contributed by atoms with Crippen molar-refractivity contribution in [2.75, 3.05) is 0 Å². The van der Waals surface area contributed by atoms with E-state index in [2.05, 4.69) is 0 Å². The number of hydrogen-bond acceptors (Lipinski definition) is 2. The van der Waals surface area contributed by atoms with Gasteiger partial charge in [0.05, 0.1) is 5.92 Å². The number of rotatable bonds is 1. The van der Waals surface area contributed by atoms with E-state index in [0.717, 1.165) is 17.5 Å². The fourth-order valence-electron chi connectivity index (χ4n) is 2.12. The Morgan fingerprint density at radius 1 is 1.53 bits per heavy atom. The topological polar surface area (TPSA) is 63.3 Å². The van der Waals surface area contributed by atoms with E-state index >= 15 is 0 Å². The van der Waals surface area contributed by atoms with E-state index in [0.29, 0.717) is 11.4 Å². The first-order valence-corrected chi connectivity index (χ1v) is 5.24. The van der Waals surface area contributed by atoms with Crippen LogP contribution in [0.4, 0.5) is 0 Å². The smallest absolute Gasteiger partial charge is 0.312 e. The lowest BCUT2D eigenvalue weighted by Crippen LogP contribution is -2.37. The number of benzene rings is 1. The highest BCUT2D eigenvalue weighted by Gasteiger charge is 2.32. The Morgan fingerprint density at radius 3 is 2.93 bits per heavy atom. The van der Waals surface area contributed by atoms with Gasteiger partial charge in [-0.3, -0.25) is 4.79 Å². The fraction of sp³-hybridized carbons (Fsp3) is 0.364. The van der Waals surface area contributed by atoms with Gasteiger partial charge < -0.3 is 10.8 Å². The summed E-state index contributed by atoms with van der Waals surface area (Å²) in [4.78, 5) is 11.1. The van der Waals surface area contributed by atoms with Crippen LogP contribution in [-0.4, -0.2) is 17.1 Å². The van der Waals surface area contributed by atoms with Crippen molar-refractivity contribution in [2.24, 2.45) is 5.73 Å². The Kier molecular flexibility index (Phi) is 2.67. The van der Waals surface area contributed by atoms with Crippen molar-refractivity contribution < 1.29 is 9.90 Å². The molecule has 1 aliphatic rings. The molecule has 0 radical (unpaired) electrons. The Morgan fingerprint density at radius 2 is 2.27 bits per heavy atom. The van der Waals surface area contributed by atoms with Crippen molar-refractivity contribution in [2.45, 2.75) is 24.8 Å². The van der Waals surface area contributed by atoms with Crippen LogP contribution in [0.3, 0.4) is 0 Å². The first kappa shape index (κ1) is 10.5. The predicted molar refractivity (Wildman–Crippen MR) is 58.1 cm³/mol. The summed E-state index contributed by atoms with van der Waals surface area (Å²) in [6.45, 7) is 0. The van der Waals surface area contributed by atoms with Crippen molar-refractivity contribution in [3.05, 3.63) is 34.3 Å². The van der Waals surface area contributed by atoms with Crippen LogP contribution >= 0.6 is 11.6 Å². The van der Waals surface area contributed by atoms with Crippen molar-refractivity contribution in [3.8, 4) is 0 Å². The number of aryl methyl sites for hydroxylation is 1.